The van der Waals surface area contributed by atoms with Gasteiger partial charge in [-0.1, -0.05) is 11.2 Å². The zero-order valence-electron chi connectivity index (χ0n) is 16.3. The van der Waals surface area contributed by atoms with Gasteiger partial charge in [0.25, 0.3) is 0 Å². The van der Waals surface area contributed by atoms with Crippen LogP contribution < -0.4 is 0 Å². The largest absolute Gasteiger partial charge is 0.461 e. The number of carbonyl (C=O) groups is 1. The molecule has 0 bridgehead atoms. The number of aromatic nitrogens is 2. The highest BCUT2D eigenvalue weighted by molar-refractivity contribution is 5.76. The second-order valence-electron chi connectivity index (χ2n) is 7.72. The van der Waals surface area contributed by atoms with Crippen LogP contribution in [0, 0.1) is 0 Å². The smallest absolute Gasteiger partial charge is 0.241 e. The van der Waals surface area contributed by atoms with E-state index in [0.29, 0.717) is 37.0 Å². The summed E-state index contributed by atoms with van der Waals surface area (Å²) >= 11 is 0. The zero-order valence-corrected chi connectivity index (χ0v) is 16.3. The molecule has 2 saturated heterocycles. The van der Waals surface area contributed by atoms with Gasteiger partial charge in [0.1, 0.15) is 0 Å². The van der Waals surface area contributed by atoms with Crippen LogP contribution in [0.5, 0.6) is 0 Å². The number of hydrogen-bond donors (Lipinski definition) is 0. The average Bonchev–Trinajstić information content (AvgIpc) is 3.35. The average molecular weight is 385 g/mol. The van der Waals surface area contributed by atoms with E-state index < -0.39 is 0 Å². The molecule has 2 fully saturated rings. The molecule has 4 rings (SSSR count). The van der Waals surface area contributed by atoms with Gasteiger partial charge in [-0.15, -0.1) is 6.58 Å². The highest BCUT2D eigenvalue weighted by atomic mass is 16.5. The van der Waals surface area contributed by atoms with Gasteiger partial charge in [0, 0.05) is 44.7 Å². The van der Waals surface area contributed by atoms with E-state index in [9.17, 15) is 4.79 Å². The lowest BCUT2D eigenvalue weighted by molar-refractivity contribution is -0.130. The van der Waals surface area contributed by atoms with Crippen LogP contribution in [0.25, 0.3) is 11.6 Å². The molecule has 0 N–H and O–H groups in total. The van der Waals surface area contributed by atoms with Crippen molar-refractivity contribution in [3.05, 3.63) is 36.9 Å². The molecular weight excluding hydrogens is 358 g/mol. The number of furan rings is 1. The molecular formula is C20H27N5O3. The number of rotatable bonds is 5. The first kappa shape index (κ1) is 18.9. The van der Waals surface area contributed by atoms with E-state index in [-0.39, 0.29) is 11.4 Å². The Morgan fingerprint density at radius 2 is 2.21 bits per heavy atom. The van der Waals surface area contributed by atoms with Crippen molar-refractivity contribution in [1.82, 2.24) is 24.8 Å². The van der Waals surface area contributed by atoms with Crippen molar-refractivity contribution in [3.8, 4) is 11.6 Å². The zero-order chi connectivity index (χ0) is 19.6. The van der Waals surface area contributed by atoms with Gasteiger partial charge in [0.15, 0.2) is 5.76 Å². The van der Waals surface area contributed by atoms with Crippen LogP contribution in [-0.4, -0.2) is 76.1 Å². The van der Waals surface area contributed by atoms with Gasteiger partial charge >= 0.3 is 0 Å². The summed E-state index contributed by atoms with van der Waals surface area (Å²) in [5.74, 6) is 1.89. The summed E-state index contributed by atoms with van der Waals surface area (Å²) in [7, 11) is 2.17. The summed E-state index contributed by atoms with van der Waals surface area (Å²) in [6.07, 6.45) is 5.81. The molecule has 0 aromatic carbocycles. The molecule has 2 aromatic rings. The summed E-state index contributed by atoms with van der Waals surface area (Å²) in [6.45, 7) is 8.55. The fraction of sp³-hybridized carbons (Fsp3) is 0.550. The number of hydrogen-bond acceptors (Lipinski definition) is 7. The van der Waals surface area contributed by atoms with Gasteiger partial charge in [0.05, 0.1) is 12.8 Å². The second kappa shape index (κ2) is 7.89. The van der Waals surface area contributed by atoms with Crippen molar-refractivity contribution in [2.24, 2.45) is 0 Å². The van der Waals surface area contributed by atoms with Gasteiger partial charge < -0.3 is 13.8 Å². The van der Waals surface area contributed by atoms with Crippen molar-refractivity contribution in [2.45, 2.75) is 31.3 Å². The van der Waals surface area contributed by atoms with E-state index in [1.807, 2.05) is 11.0 Å². The summed E-state index contributed by atoms with van der Waals surface area (Å²) in [5.41, 5.74) is -0.00626. The predicted octanol–water partition coefficient (Wildman–Crippen LogP) is 2.01. The standard InChI is InChI=1S/C20H27N5O3/c1-3-9-25-10-8-20(7-6-18(25)26)15-24(12-11-23(20)2)14-17-21-19(22-28-17)16-5-4-13-27-16/h3-5,13H,1,6-12,14-15H2,2H3/t20-/m0/s1. The molecule has 8 heteroatoms. The molecule has 4 heterocycles. The topological polar surface area (TPSA) is 78.9 Å². The third kappa shape index (κ3) is 3.74. The fourth-order valence-corrected chi connectivity index (χ4v) is 4.28. The second-order valence-corrected chi connectivity index (χ2v) is 7.72. The quantitative estimate of drug-likeness (QED) is 0.729. The van der Waals surface area contributed by atoms with Crippen LogP contribution in [0.2, 0.25) is 0 Å². The highest BCUT2D eigenvalue weighted by Gasteiger charge is 2.42. The van der Waals surface area contributed by atoms with E-state index in [1.54, 1.807) is 18.4 Å². The number of piperazine rings is 1. The number of nitrogens with zero attached hydrogens (tertiary/aromatic N) is 5. The Morgan fingerprint density at radius 3 is 3.00 bits per heavy atom. The van der Waals surface area contributed by atoms with Gasteiger partial charge in [-0.05, 0) is 32.0 Å². The SMILES string of the molecule is C=CCN1CC[C@@]2(CCC1=O)CN(Cc1nc(-c3ccco3)no1)CCN2C. The molecule has 1 atom stereocenters. The van der Waals surface area contributed by atoms with Crippen LogP contribution in [0.4, 0.5) is 0 Å². The third-order valence-corrected chi connectivity index (χ3v) is 6.00. The minimum atomic E-state index is -0.00626. The summed E-state index contributed by atoms with van der Waals surface area (Å²) in [6, 6.07) is 3.62. The van der Waals surface area contributed by atoms with E-state index in [4.69, 9.17) is 8.94 Å². The third-order valence-electron chi connectivity index (χ3n) is 6.00. The van der Waals surface area contributed by atoms with Crippen LogP contribution in [0.1, 0.15) is 25.2 Å². The first-order valence-corrected chi connectivity index (χ1v) is 9.78. The lowest BCUT2D eigenvalue weighted by Gasteiger charge is -2.49. The van der Waals surface area contributed by atoms with Gasteiger partial charge in [-0.25, -0.2) is 0 Å². The Labute approximate surface area is 164 Å². The molecule has 1 amide bonds. The first-order valence-electron chi connectivity index (χ1n) is 9.78. The molecule has 0 aliphatic carbocycles. The Kier molecular flexibility index (Phi) is 5.32. The van der Waals surface area contributed by atoms with Crippen LogP contribution in [0.3, 0.4) is 0 Å². The minimum absolute atomic E-state index is 0.00626. The van der Waals surface area contributed by atoms with Gasteiger partial charge in [-0.3, -0.25) is 14.6 Å². The van der Waals surface area contributed by atoms with E-state index in [1.165, 1.54) is 0 Å². The maximum Gasteiger partial charge on any atom is 0.241 e. The summed E-state index contributed by atoms with van der Waals surface area (Å²) < 4.78 is 10.8. The molecule has 2 aliphatic heterocycles. The molecule has 2 aliphatic rings. The maximum absolute atomic E-state index is 12.4. The minimum Gasteiger partial charge on any atom is -0.461 e. The van der Waals surface area contributed by atoms with Crippen LogP contribution in [0.15, 0.2) is 40.0 Å². The Morgan fingerprint density at radius 1 is 1.32 bits per heavy atom. The first-order chi connectivity index (χ1) is 13.6. The summed E-state index contributed by atoms with van der Waals surface area (Å²) in [4.78, 5) is 23.6. The molecule has 0 saturated carbocycles. The molecule has 8 nitrogen and oxygen atoms in total. The van der Waals surface area contributed by atoms with Crippen molar-refractivity contribution < 1.29 is 13.7 Å². The Balaban J connectivity index is 1.44. The van der Waals surface area contributed by atoms with Crippen LogP contribution >= 0.6 is 0 Å². The maximum atomic E-state index is 12.4. The van der Waals surface area contributed by atoms with E-state index in [0.717, 1.165) is 39.0 Å². The van der Waals surface area contributed by atoms with Gasteiger partial charge in [0.2, 0.25) is 17.6 Å². The summed E-state index contributed by atoms with van der Waals surface area (Å²) in [5, 5.41) is 4.02. The van der Waals surface area contributed by atoms with E-state index in [2.05, 4.69) is 33.6 Å². The molecule has 0 radical (unpaired) electrons. The number of likely N-dealkylation sites (N-methyl/N-ethyl adjacent to an activating group) is 1. The Bertz CT molecular complexity index is 818. The van der Waals surface area contributed by atoms with Crippen LogP contribution in [-0.2, 0) is 11.3 Å². The molecule has 28 heavy (non-hydrogen) atoms. The fourth-order valence-electron chi connectivity index (χ4n) is 4.28. The van der Waals surface area contributed by atoms with Crippen molar-refractivity contribution in [2.75, 3.05) is 39.8 Å². The predicted molar refractivity (Wildman–Crippen MR) is 103 cm³/mol. The molecule has 0 unspecified atom stereocenters. The number of amides is 1. The van der Waals surface area contributed by atoms with Crippen molar-refractivity contribution >= 4 is 5.91 Å². The molecule has 1 spiro atoms. The van der Waals surface area contributed by atoms with E-state index >= 15 is 0 Å². The Hall–Kier alpha value is -2.45. The van der Waals surface area contributed by atoms with Gasteiger partial charge in [-0.2, -0.15) is 4.98 Å². The number of carbonyl (C=O) groups excluding carboxylic acids is 1. The molecule has 2 aromatic heterocycles. The van der Waals surface area contributed by atoms with Crippen molar-refractivity contribution in [1.29, 1.82) is 0 Å². The highest BCUT2D eigenvalue weighted by Crippen LogP contribution is 2.32. The number of likely N-dealkylation sites (tertiary alicyclic amines) is 1. The van der Waals surface area contributed by atoms with Crippen molar-refractivity contribution in [3.63, 3.8) is 0 Å². The lowest BCUT2D eigenvalue weighted by Crippen LogP contribution is -2.60. The molecule has 150 valence electrons. The lowest BCUT2D eigenvalue weighted by atomic mass is 9.86. The monoisotopic (exact) mass is 385 g/mol. The normalized spacial score (nSPS) is 24.6.